The first kappa shape index (κ1) is 45.9. The quantitative estimate of drug-likeness (QED) is 0.0293. The van der Waals surface area contributed by atoms with Crippen LogP contribution in [0, 0.1) is 29.2 Å². The standard InChI is InChI=1S/C37H48F4N4O10S2/c1-3-11-45(54-4-2)37(48)24-20-27-26(43-28(42)21-24)22-25(56-27)6-5-23-7-12-44(13-8-23)29(46)9-14-51-16-18-53-19-17-52-15-10-30(47)55-35-31(38)33(40)36(57(49)50)34(41)32(35)39/h20,22-23H,3-19,21H2,1-2H3,(H2,42,43)(H,49,50). The molecule has 57 heavy (non-hydrogen) atoms. The number of aryl methyl sites for hydroxylation is 1. The van der Waals surface area contributed by atoms with Crippen LogP contribution in [-0.4, -0.2) is 108 Å². The molecule has 0 spiro atoms. The number of likely N-dealkylation sites (tertiary alicyclic amines) is 1. The SMILES string of the molecule is CCCN(OCC)C(=O)C1=Cc2sc(CCC3CCN(C(=O)CCOCCOCCOCCC(=O)Oc4c(F)c(F)c(S(=O)O)c(F)c4F)CC3)cc2N=C(N)C1. The van der Waals surface area contributed by atoms with Crippen LogP contribution < -0.4 is 10.5 Å². The summed E-state index contributed by atoms with van der Waals surface area (Å²) in [6, 6.07) is 2.05. The summed E-state index contributed by atoms with van der Waals surface area (Å²) in [5, 5.41) is 1.40. The fourth-order valence-electron chi connectivity index (χ4n) is 6.07. The lowest BCUT2D eigenvalue weighted by molar-refractivity contribution is -0.180. The van der Waals surface area contributed by atoms with Gasteiger partial charge in [0.1, 0.15) is 10.7 Å². The molecule has 1 atom stereocenters. The van der Waals surface area contributed by atoms with Gasteiger partial charge in [0.25, 0.3) is 5.91 Å². The van der Waals surface area contributed by atoms with Crippen molar-refractivity contribution >= 4 is 57.8 Å². The number of hydrogen-bond donors (Lipinski definition) is 2. The lowest BCUT2D eigenvalue weighted by Crippen LogP contribution is -2.39. The molecule has 0 bridgehead atoms. The lowest BCUT2D eigenvalue weighted by atomic mass is 9.92. The van der Waals surface area contributed by atoms with E-state index in [0.29, 0.717) is 43.6 Å². The van der Waals surface area contributed by atoms with Gasteiger partial charge in [-0.3, -0.25) is 19.2 Å². The van der Waals surface area contributed by atoms with E-state index in [2.05, 4.69) is 9.73 Å². The minimum atomic E-state index is -3.36. The molecule has 0 saturated carbocycles. The number of thiophene rings is 1. The number of nitrogens with two attached hydrogens (primary N) is 1. The molecule has 1 saturated heterocycles. The van der Waals surface area contributed by atoms with Crippen LogP contribution in [0.3, 0.4) is 0 Å². The molecule has 1 fully saturated rings. The molecular formula is C37H48F4N4O10S2. The van der Waals surface area contributed by atoms with Gasteiger partial charge in [0, 0.05) is 36.5 Å². The summed E-state index contributed by atoms with van der Waals surface area (Å²) in [4.78, 5) is 50.1. The van der Waals surface area contributed by atoms with Crippen molar-refractivity contribution in [2.75, 3.05) is 65.9 Å². The number of amidine groups is 1. The number of piperidine rings is 1. The number of aliphatic imine (C=N–C) groups is 1. The summed E-state index contributed by atoms with van der Waals surface area (Å²) < 4.78 is 95.7. The number of esters is 1. The highest BCUT2D eigenvalue weighted by Crippen LogP contribution is 2.37. The molecule has 4 rings (SSSR count). The second-order valence-corrected chi connectivity index (χ2v) is 15.1. The molecule has 2 aliphatic heterocycles. The number of hydroxylamine groups is 2. The van der Waals surface area contributed by atoms with Crippen molar-refractivity contribution in [3.8, 4) is 5.75 Å². The maximum absolute atomic E-state index is 14.0. The maximum atomic E-state index is 14.0. The molecule has 2 aromatic rings. The van der Waals surface area contributed by atoms with Gasteiger partial charge >= 0.3 is 5.97 Å². The van der Waals surface area contributed by atoms with Crippen LogP contribution in [0.4, 0.5) is 23.2 Å². The van der Waals surface area contributed by atoms with Crippen molar-refractivity contribution in [2.24, 2.45) is 16.6 Å². The molecule has 2 aliphatic rings. The number of carbonyl (C=O) groups is 3. The Kier molecular flexibility index (Phi) is 18.5. The molecule has 1 aromatic heterocycles. The lowest BCUT2D eigenvalue weighted by Gasteiger charge is -2.32. The minimum absolute atomic E-state index is 0.0251. The van der Waals surface area contributed by atoms with Gasteiger partial charge in [-0.2, -0.15) is 8.78 Å². The normalized spacial score (nSPS) is 15.1. The molecule has 2 amide bonds. The summed E-state index contributed by atoms with van der Waals surface area (Å²) >= 11 is -1.74. The summed E-state index contributed by atoms with van der Waals surface area (Å²) in [6.45, 7) is 6.65. The van der Waals surface area contributed by atoms with Gasteiger partial charge in [0.05, 0.1) is 69.7 Å². The van der Waals surface area contributed by atoms with E-state index >= 15 is 0 Å². The van der Waals surface area contributed by atoms with Gasteiger partial charge in [-0.05, 0) is 57.1 Å². The third-order valence-corrected chi connectivity index (χ3v) is 10.8. The Morgan fingerprint density at radius 1 is 0.965 bits per heavy atom. The zero-order valence-corrected chi connectivity index (χ0v) is 33.5. The van der Waals surface area contributed by atoms with E-state index in [1.54, 1.807) is 11.3 Å². The van der Waals surface area contributed by atoms with Crippen molar-refractivity contribution in [3.63, 3.8) is 0 Å². The van der Waals surface area contributed by atoms with Gasteiger partial charge in [0.2, 0.25) is 23.3 Å². The highest BCUT2D eigenvalue weighted by molar-refractivity contribution is 7.79. The number of ether oxygens (including phenoxy) is 4. The van der Waals surface area contributed by atoms with Crippen molar-refractivity contribution in [3.05, 3.63) is 44.7 Å². The fourth-order valence-corrected chi connectivity index (χ4v) is 7.64. The summed E-state index contributed by atoms with van der Waals surface area (Å²) in [5.41, 5.74) is 7.52. The maximum Gasteiger partial charge on any atom is 0.313 e. The average molecular weight is 849 g/mol. The number of rotatable bonds is 22. The summed E-state index contributed by atoms with van der Waals surface area (Å²) in [6.07, 6.45) is 6.29. The van der Waals surface area contributed by atoms with Crippen LogP contribution in [0.15, 0.2) is 21.5 Å². The van der Waals surface area contributed by atoms with Crippen molar-refractivity contribution < 1.29 is 64.5 Å². The Bertz CT molecular complexity index is 1770. The van der Waals surface area contributed by atoms with Gasteiger partial charge in [0.15, 0.2) is 22.7 Å². The van der Waals surface area contributed by atoms with Crippen LogP contribution in [0.5, 0.6) is 5.75 Å². The predicted octanol–water partition coefficient (Wildman–Crippen LogP) is 5.46. The molecule has 316 valence electrons. The van der Waals surface area contributed by atoms with Gasteiger partial charge < -0.3 is 34.1 Å². The van der Waals surface area contributed by atoms with Crippen LogP contribution in [-0.2, 0) is 50.9 Å². The number of nitrogens with zero attached hydrogens (tertiary/aromatic N) is 3. The molecule has 1 aromatic carbocycles. The zero-order chi connectivity index (χ0) is 41.5. The van der Waals surface area contributed by atoms with Crippen molar-refractivity contribution in [2.45, 2.75) is 70.1 Å². The number of benzene rings is 1. The predicted molar refractivity (Wildman–Crippen MR) is 202 cm³/mol. The summed E-state index contributed by atoms with van der Waals surface area (Å²) in [5.74, 6) is -10.8. The Hall–Kier alpha value is -3.79. The average Bonchev–Trinajstić information content (AvgIpc) is 3.48. The van der Waals surface area contributed by atoms with Crippen LogP contribution >= 0.6 is 11.3 Å². The molecule has 0 aliphatic carbocycles. The molecule has 1 unspecified atom stereocenters. The number of halogens is 4. The van der Waals surface area contributed by atoms with Crippen LogP contribution in [0.1, 0.15) is 68.5 Å². The van der Waals surface area contributed by atoms with E-state index in [1.807, 2.05) is 30.9 Å². The third-order valence-electron chi connectivity index (χ3n) is 8.94. The topological polar surface area (TPSA) is 180 Å². The highest BCUT2D eigenvalue weighted by atomic mass is 32.2. The second-order valence-electron chi connectivity index (χ2n) is 13.1. The van der Waals surface area contributed by atoms with E-state index in [1.165, 1.54) is 9.94 Å². The molecule has 14 nitrogen and oxygen atoms in total. The number of amides is 2. The van der Waals surface area contributed by atoms with E-state index in [0.717, 1.165) is 42.7 Å². The van der Waals surface area contributed by atoms with Gasteiger partial charge in [-0.1, -0.05) is 6.92 Å². The molecule has 20 heteroatoms. The smallest absolute Gasteiger partial charge is 0.313 e. The Morgan fingerprint density at radius 3 is 2.18 bits per heavy atom. The highest BCUT2D eigenvalue weighted by Gasteiger charge is 2.31. The largest absolute Gasteiger partial charge is 0.420 e. The number of carbonyl (C=O) groups excluding carboxylic acids is 3. The fraction of sp³-hybridized carbons (Fsp3) is 0.568. The summed E-state index contributed by atoms with van der Waals surface area (Å²) in [7, 11) is 0. The second kappa shape index (κ2) is 23.0. The first-order valence-corrected chi connectivity index (χ1v) is 20.6. The van der Waals surface area contributed by atoms with E-state index in [4.69, 9.17) is 29.3 Å². The van der Waals surface area contributed by atoms with Gasteiger partial charge in [-0.25, -0.2) is 23.0 Å². The minimum Gasteiger partial charge on any atom is -0.420 e. The first-order valence-electron chi connectivity index (χ1n) is 18.6. The van der Waals surface area contributed by atoms with Crippen LogP contribution in [0.25, 0.3) is 6.08 Å². The Labute approximate surface area is 334 Å². The third kappa shape index (κ3) is 13.4. The first-order chi connectivity index (χ1) is 27.3. The molecule has 3 N–H and O–H groups in total. The van der Waals surface area contributed by atoms with Crippen LogP contribution in [0.2, 0.25) is 0 Å². The molecule has 0 radical (unpaired) electrons. The zero-order valence-electron chi connectivity index (χ0n) is 31.8. The van der Waals surface area contributed by atoms with E-state index in [-0.39, 0.29) is 64.3 Å². The number of hydrogen-bond acceptors (Lipinski definition) is 12. The monoisotopic (exact) mass is 848 g/mol. The Balaban J connectivity index is 1.05. The number of fused-ring (bicyclic) bond motifs is 1. The van der Waals surface area contributed by atoms with E-state index < -0.39 is 57.4 Å². The molecule has 3 heterocycles. The van der Waals surface area contributed by atoms with E-state index in [9.17, 15) is 36.2 Å². The van der Waals surface area contributed by atoms with Gasteiger partial charge in [-0.15, -0.1) is 11.3 Å². The van der Waals surface area contributed by atoms with Crippen molar-refractivity contribution in [1.29, 1.82) is 0 Å². The van der Waals surface area contributed by atoms with Crippen molar-refractivity contribution in [1.82, 2.24) is 9.96 Å². The molecular weight excluding hydrogens is 801 g/mol. The Morgan fingerprint density at radius 2 is 1.58 bits per heavy atom.